The van der Waals surface area contributed by atoms with Gasteiger partial charge in [-0.15, -0.1) is 0 Å². The van der Waals surface area contributed by atoms with Gasteiger partial charge in [0.2, 0.25) is 0 Å². The van der Waals surface area contributed by atoms with Crippen LogP contribution < -0.4 is 10.2 Å². The third-order valence-corrected chi connectivity index (χ3v) is 5.08. The fourth-order valence-electron chi connectivity index (χ4n) is 3.48. The van der Waals surface area contributed by atoms with E-state index in [0.717, 1.165) is 31.4 Å². The van der Waals surface area contributed by atoms with E-state index in [2.05, 4.69) is 5.32 Å². The zero-order valence-electron chi connectivity index (χ0n) is 15.5. The molecule has 4 heteroatoms. The van der Waals surface area contributed by atoms with E-state index in [1.165, 1.54) is 49.8 Å². The molecule has 2 amide bonds. The summed E-state index contributed by atoms with van der Waals surface area (Å²) in [6, 6.07) is 9.42. The molecule has 0 unspecified atom stereocenters. The molecule has 1 aliphatic carbocycles. The molecule has 0 spiro atoms. The largest absolute Gasteiger partial charge is 0.345 e. The van der Waals surface area contributed by atoms with Gasteiger partial charge < -0.3 is 10.2 Å². The molecule has 25 heavy (non-hydrogen) atoms. The summed E-state index contributed by atoms with van der Waals surface area (Å²) in [5, 5.41) is 2.99. The first kappa shape index (κ1) is 19.5. The molecule has 0 saturated heterocycles. The van der Waals surface area contributed by atoms with Crippen molar-refractivity contribution in [2.45, 2.75) is 76.7 Å². The Morgan fingerprint density at radius 3 is 1.84 bits per heavy atom. The molecule has 1 aromatic rings. The number of hydrogen-bond donors (Lipinski definition) is 1. The zero-order chi connectivity index (χ0) is 17.9. The van der Waals surface area contributed by atoms with Crippen LogP contribution in [-0.2, 0) is 9.59 Å². The minimum absolute atomic E-state index is 0.125. The lowest BCUT2D eigenvalue weighted by molar-refractivity contribution is -0.138. The maximum atomic E-state index is 12.4. The summed E-state index contributed by atoms with van der Waals surface area (Å²) >= 11 is 0. The van der Waals surface area contributed by atoms with Gasteiger partial charge in [-0.3, -0.25) is 9.59 Å². The second kappa shape index (κ2) is 10.9. The highest BCUT2D eigenvalue weighted by Crippen LogP contribution is 2.17. The monoisotopic (exact) mass is 344 g/mol. The molecule has 1 aliphatic rings. The number of nitrogens with zero attached hydrogens (tertiary/aromatic N) is 1. The Morgan fingerprint density at radius 1 is 0.840 bits per heavy atom. The number of amides is 2. The van der Waals surface area contributed by atoms with Crippen molar-refractivity contribution in [1.82, 2.24) is 5.32 Å². The highest BCUT2D eigenvalue weighted by molar-refractivity contribution is 6.40. The van der Waals surface area contributed by atoms with Gasteiger partial charge in [-0.25, -0.2) is 0 Å². The lowest BCUT2D eigenvalue weighted by atomic mass is 9.98. The van der Waals surface area contributed by atoms with E-state index in [4.69, 9.17) is 0 Å². The number of hydrogen-bond acceptors (Lipinski definition) is 2. The minimum Gasteiger partial charge on any atom is -0.345 e. The van der Waals surface area contributed by atoms with Crippen LogP contribution in [0.1, 0.15) is 70.6 Å². The van der Waals surface area contributed by atoms with Gasteiger partial charge in [-0.05, 0) is 25.0 Å². The molecule has 0 bridgehead atoms. The van der Waals surface area contributed by atoms with Crippen LogP contribution in [-0.4, -0.2) is 24.9 Å². The Labute approximate surface area is 152 Å². The second-order valence-electron chi connectivity index (χ2n) is 7.13. The molecule has 0 aromatic heterocycles. The van der Waals surface area contributed by atoms with Crippen LogP contribution in [0.5, 0.6) is 0 Å². The predicted octanol–water partition coefficient (Wildman–Crippen LogP) is 4.44. The van der Waals surface area contributed by atoms with Crippen molar-refractivity contribution < 1.29 is 9.59 Å². The van der Waals surface area contributed by atoms with Crippen LogP contribution in [0, 0.1) is 0 Å². The molecule has 1 fully saturated rings. The van der Waals surface area contributed by atoms with Crippen LogP contribution >= 0.6 is 0 Å². The summed E-state index contributed by atoms with van der Waals surface area (Å²) in [6.45, 7) is 0. The Hall–Kier alpha value is -1.84. The van der Waals surface area contributed by atoms with Crippen molar-refractivity contribution >= 4 is 17.5 Å². The quantitative estimate of drug-likeness (QED) is 0.806. The van der Waals surface area contributed by atoms with Crippen LogP contribution in [0.2, 0.25) is 0 Å². The third kappa shape index (κ3) is 6.89. The fraction of sp³-hybridized carbons (Fsp3) is 0.619. The first-order valence-corrected chi connectivity index (χ1v) is 9.82. The van der Waals surface area contributed by atoms with Crippen LogP contribution in [0.4, 0.5) is 5.69 Å². The Bertz CT molecular complexity index is 518. The summed E-state index contributed by atoms with van der Waals surface area (Å²) in [5.74, 6) is -0.972. The summed E-state index contributed by atoms with van der Waals surface area (Å²) in [6.07, 6.45) is 13.3. The maximum Gasteiger partial charge on any atom is 0.316 e. The van der Waals surface area contributed by atoms with Crippen molar-refractivity contribution in [3.8, 4) is 0 Å². The van der Waals surface area contributed by atoms with Crippen molar-refractivity contribution in [2.75, 3.05) is 11.9 Å². The third-order valence-electron chi connectivity index (χ3n) is 5.08. The van der Waals surface area contributed by atoms with Crippen molar-refractivity contribution in [3.05, 3.63) is 30.3 Å². The van der Waals surface area contributed by atoms with Crippen molar-refractivity contribution in [1.29, 1.82) is 0 Å². The van der Waals surface area contributed by atoms with Crippen molar-refractivity contribution in [2.24, 2.45) is 0 Å². The molecule has 2 rings (SSSR count). The number of nitrogens with one attached hydrogen (secondary N) is 1. The highest BCUT2D eigenvalue weighted by atomic mass is 16.2. The maximum absolute atomic E-state index is 12.4. The van der Waals surface area contributed by atoms with E-state index in [0.29, 0.717) is 0 Å². The number of likely N-dealkylation sites (N-methyl/N-ethyl adjacent to an activating group) is 1. The molecule has 4 nitrogen and oxygen atoms in total. The Kier molecular flexibility index (Phi) is 8.50. The molecular formula is C21H32N2O2. The first-order valence-electron chi connectivity index (χ1n) is 9.82. The predicted molar refractivity (Wildman–Crippen MR) is 103 cm³/mol. The lowest BCUT2D eigenvalue weighted by Crippen LogP contribution is -2.45. The zero-order valence-corrected chi connectivity index (χ0v) is 15.5. The number of carbonyl (C=O) groups excluding carboxylic acids is 2. The van der Waals surface area contributed by atoms with E-state index >= 15 is 0 Å². The lowest BCUT2D eigenvalue weighted by Gasteiger charge is -2.22. The minimum atomic E-state index is -0.489. The van der Waals surface area contributed by atoms with Gasteiger partial charge in [0.1, 0.15) is 0 Å². The van der Waals surface area contributed by atoms with Gasteiger partial charge in [0.25, 0.3) is 0 Å². The van der Waals surface area contributed by atoms with E-state index in [1.54, 1.807) is 7.05 Å². The number of anilines is 1. The fourth-order valence-corrected chi connectivity index (χ4v) is 3.48. The van der Waals surface area contributed by atoms with Gasteiger partial charge in [0, 0.05) is 18.8 Å². The van der Waals surface area contributed by atoms with Gasteiger partial charge in [-0.1, -0.05) is 76.0 Å². The molecule has 1 aromatic carbocycles. The topological polar surface area (TPSA) is 49.4 Å². The molecule has 1 saturated carbocycles. The number of benzene rings is 1. The first-order chi connectivity index (χ1) is 12.2. The summed E-state index contributed by atoms with van der Waals surface area (Å²) in [7, 11) is 1.65. The highest BCUT2D eigenvalue weighted by Gasteiger charge is 2.22. The molecular weight excluding hydrogens is 312 g/mol. The van der Waals surface area contributed by atoms with Gasteiger partial charge in [0.05, 0.1) is 0 Å². The average molecular weight is 344 g/mol. The molecule has 0 aliphatic heterocycles. The Morgan fingerprint density at radius 2 is 1.32 bits per heavy atom. The van der Waals surface area contributed by atoms with Crippen molar-refractivity contribution in [3.63, 3.8) is 0 Å². The van der Waals surface area contributed by atoms with Gasteiger partial charge >= 0.3 is 11.8 Å². The second-order valence-corrected chi connectivity index (χ2v) is 7.13. The van der Waals surface area contributed by atoms with Crippen LogP contribution in [0.15, 0.2) is 30.3 Å². The van der Waals surface area contributed by atoms with Gasteiger partial charge in [0.15, 0.2) is 0 Å². The van der Waals surface area contributed by atoms with E-state index < -0.39 is 11.8 Å². The standard InChI is InChI=1S/C21H32N2O2/c1-23(19-16-12-9-13-17-19)21(25)20(24)22-18-14-10-7-5-3-2-4-6-8-11-15-18/h9,12-13,16-18H,2-8,10-11,14-15H2,1H3,(H,22,24). The summed E-state index contributed by atoms with van der Waals surface area (Å²) in [4.78, 5) is 26.2. The number of para-hydroxylation sites is 1. The summed E-state index contributed by atoms with van der Waals surface area (Å²) < 4.78 is 0. The smallest absolute Gasteiger partial charge is 0.316 e. The van der Waals surface area contributed by atoms with E-state index in [-0.39, 0.29) is 6.04 Å². The SMILES string of the molecule is CN(C(=O)C(=O)NC1CCCCCCCCCCC1)c1ccccc1. The van der Waals surface area contributed by atoms with E-state index in [1.807, 2.05) is 30.3 Å². The van der Waals surface area contributed by atoms with Crippen LogP contribution in [0.25, 0.3) is 0 Å². The molecule has 0 heterocycles. The molecule has 0 atom stereocenters. The van der Waals surface area contributed by atoms with Gasteiger partial charge in [-0.2, -0.15) is 0 Å². The Balaban J connectivity index is 1.87. The summed E-state index contributed by atoms with van der Waals surface area (Å²) in [5.41, 5.74) is 0.737. The average Bonchev–Trinajstić information content (AvgIpc) is 2.63. The van der Waals surface area contributed by atoms with Crippen LogP contribution in [0.3, 0.4) is 0 Å². The van der Waals surface area contributed by atoms with E-state index in [9.17, 15) is 9.59 Å². The normalized spacial score (nSPS) is 17.8. The number of rotatable bonds is 2. The molecule has 138 valence electrons. The molecule has 0 radical (unpaired) electrons. The molecule has 1 N–H and O–H groups in total. The number of carbonyl (C=O) groups is 2.